The highest BCUT2D eigenvalue weighted by Gasteiger charge is 2.01. The van der Waals surface area contributed by atoms with E-state index >= 15 is 0 Å². The zero-order chi connectivity index (χ0) is 9.68. The van der Waals surface area contributed by atoms with Crippen LogP contribution < -0.4 is 4.74 Å². The Hall–Kier alpha value is -1.38. The number of pyridine rings is 1. The summed E-state index contributed by atoms with van der Waals surface area (Å²) in [5, 5.41) is 0. The summed E-state index contributed by atoms with van der Waals surface area (Å²) >= 11 is 0. The summed E-state index contributed by atoms with van der Waals surface area (Å²) in [6.45, 7) is 4.56. The molecule has 1 heterocycles. The highest BCUT2D eigenvalue weighted by Crippen LogP contribution is 2.15. The van der Waals surface area contributed by atoms with Crippen LogP contribution in [0.3, 0.4) is 0 Å². The number of aryl methyl sites for hydroxylation is 1. The molecular weight excluding hydrogens is 166 g/mol. The first-order chi connectivity index (χ1) is 6.27. The monoisotopic (exact) mass is 179 g/mol. The molecule has 0 saturated carbocycles. The zero-order valence-electron chi connectivity index (χ0n) is 7.91. The van der Waals surface area contributed by atoms with Gasteiger partial charge in [0.2, 0.25) is 0 Å². The summed E-state index contributed by atoms with van der Waals surface area (Å²) in [7, 11) is 0. The van der Waals surface area contributed by atoms with Crippen LogP contribution in [0, 0.1) is 6.92 Å². The Balaban J connectivity index is 2.79. The molecule has 0 saturated heterocycles. The molecule has 0 spiro atoms. The van der Waals surface area contributed by atoms with Gasteiger partial charge in [0.05, 0.1) is 12.3 Å². The Morgan fingerprint density at radius 1 is 1.54 bits per heavy atom. The second-order valence-electron chi connectivity index (χ2n) is 2.79. The summed E-state index contributed by atoms with van der Waals surface area (Å²) in [6, 6.07) is 3.44. The molecule has 0 bridgehead atoms. The number of aromatic nitrogens is 1. The lowest BCUT2D eigenvalue weighted by Crippen LogP contribution is -1.99. The lowest BCUT2D eigenvalue weighted by atomic mass is 10.3. The van der Waals surface area contributed by atoms with E-state index in [-0.39, 0.29) is 0 Å². The number of rotatable bonds is 4. The van der Waals surface area contributed by atoms with Crippen LogP contribution in [0.1, 0.15) is 29.5 Å². The maximum atomic E-state index is 10.4. The molecule has 3 nitrogen and oxygen atoms in total. The Morgan fingerprint density at radius 2 is 2.31 bits per heavy atom. The van der Waals surface area contributed by atoms with Crippen molar-refractivity contribution in [3.05, 3.63) is 23.5 Å². The third-order valence-corrected chi connectivity index (χ3v) is 1.64. The van der Waals surface area contributed by atoms with Gasteiger partial charge in [0.1, 0.15) is 11.4 Å². The molecular formula is C10H13NO2. The predicted octanol–water partition coefficient (Wildman–Crippen LogP) is 1.99. The Labute approximate surface area is 77.8 Å². The SMILES string of the molecule is CCCOc1ccc(C=O)nc1C. The standard InChI is InChI=1S/C10H13NO2/c1-3-6-13-10-5-4-9(7-12)11-8(10)2/h4-5,7H,3,6H2,1-2H3. The first-order valence-electron chi connectivity index (χ1n) is 4.33. The number of aldehydes is 1. The van der Waals surface area contributed by atoms with Gasteiger partial charge >= 0.3 is 0 Å². The van der Waals surface area contributed by atoms with Crippen LogP contribution in [0.5, 0.6) is 5.75 Å². The van der Waals surface area contributed by atoms with Crippen molar-refractivity contribution in [2.75, 3.05) is 6.61 Å². The summed E-state index contributed by atoms with van der Waals surface area (Å²) in [5.74, 6) is 0.757. The van der Waals surface area contributed by atoms with Gasteiger partial charge in [-0.25, -0.2) is 4.98 Å². The average molecular weight is 179 g/mol. The van der Waals surface area contributed by atoms with Gasteiger partial charge in [-0.05, 0) is 25.5 Å². The van der Waals surface area contributed by atoms with E-state index in [1.807, 2.05) is 13.8 Å². The summed E-state index contributed by atoms with van der Waals surface area (Å²) in [5.41, 5.74) is 1.21. The molecule has 0 radical (unpaired) electrons. The van der Waals surface area contributed by atoms with Gasteiger partial charge in [0.25, 0.3) is 0 Å². The van der Waals surface area contributed by atoms with Crippen LogP contribution in [0.15, 0.2) is 12.1 Å². The maximum absolute atomic E-state index is 10.4. The third-order valence-electron chi connectivity index (χ3n) is 1.64. The first-order valence-corrected chi connectivity index (χ1v) is 4.33. The average Bonchev–Trinajstić information content (AvgIpc) is 2.16. The van der Waals surface area contributed by atoms with Crippen molar-refractivity contribution in [2.45, 2.75) is 20.3 Å². The van der Waals surface area contributed by atoms with Gasteiger partial charge in [0, 0.05) is 0 Å². The minimum Gasteiger partial charge on any atom is -0.492 e. The van der Waals surface area contributed by atoms with Crippen LogP contribution in [0.4, 0.5) is 0 Å². The lowest BCUT2D eigenvalue weighted by Gasteiger charge is -2.06. The summed E-state index contributed by atoms with van der Waals surface area (Å²) in [6.07, 6.45) is 1.70. The summed E-state index contributed by atoms with van der Waals surface area (Å²) in [4.78, 5) is 14.4. The van der Waals surface area contributed by atoms with Crippen LogP contribution in [-0.2, 0) is 0 Å². The number of hydrogen-bond acceptors (Lipinski definition) is 3. The molecule has 0 atom stereocenters. The molecule has 0 aliphatic carbocycles. The fourth-order valence-corrected chi connectivity index (χ4v) is 0.998. The van der Waals surface area contributed by atoms with Crippen molar-refractivity contribution in [2.24, 2.45) is 0 Å². The van der Waals surface area contributed by atoms with Crippen molar-refractivity contribution in [3.8, 4) is 5.75 Å². The minimum atomic E-state index is 0.446. The van der Waals surface area contributed by atoms with E-state index < -0.39 is 0 Å². The number of nitrogens with zero attached hydrogens (tertiary/aromatic N) is 1. The number of carbonyl (C=O) groups is 1. The van der Waals surface area contributed by atoms with E-state index in [2.05, 4.69) is 4.98 Å². The van der Waals surface area contributed by atoms with Crippen LogP contribution >= 0.6 is 0 Å². The van der Waals surface area contributed by atoms with E-state index in [0.29, 0.717) is 12.3 Å². The second-order valence-corrected chi connectivity index (χ2v) is 2.79. The smallest absolute Gasteiger partial charge is 0.168 e. The lowest BCUT2D eigenvalue weighted by molar-refractivity contribution is 0.111. The van der Waals surface area contributed by atoms with E-state index in [4.69, 9.17) is 4.74 Å². The molecule has 1 rings (SSSR count). The fourth-order valence-electron chi connectivity index (χ4n) is 0.998. The van der Waals surface area contributed by atoms with Crippen LogP contribution in [0.2, 0.25) is 0 Å². The minimum absolute atomic E-state index is 0.446. The molecule has 0 aliphatic heterocycles. The molecule has 3 heteroatoms. The highest BCUT2D eigenvalue weighted by atomic mass is 16.5. The largest absolute Gasteiger partial charge is 0.492 e. The number of carbonyl (C=O) groups excluding carboxylic acids is 1. The molecule has 0 amide bonds. The van der Waals surface area contributed by atoms with E-state index in [1.54, 1.807) is 12.1 Å². The predicted molar refractivity (Wildman–Crippen MR) is 50.1 cm³/mol. The van der Waals surface area contributed by atoms with E-state index in [0.717, 1.165) is 24.2 Å². The van der Waals surface area contributed by atoms with Crippen LogP contribution in [0.25, 0.3) is 0 Å². The van der Waals surface area contributed by atoms with Gasteiger partial charge in [-0.2, -0.15) is 0 Å². The molecule has 0 fully saturated rings. The van der Waals surface area contributed by atoms with E-state index in [1.165, 1.54) is 0 Å². The van der Waals surface area contributed by atoms with Crippen molar-refractivity contribution < 1.29 is 9.53 Å². The van der Waals surface area contributed by atoms with Crippen molar-refractivity contribution in [1.82, 2.24) is 4.98 Å². The summed E-state index contributed by atoms with van der Waals surface area (Å²) < 4.78 is 5.41. The normalized spacial score (nSPS) is 9.69. The maximum Gasteiger partial charge on any atom is 0.168 e. The zero-order valence-corrected chi connectivity index (χ0v) is 7.91. The molecule has 0 aliphatic rings. The number of hydrogen-bond donors (Lipinski definition) is 0. The van der Waals surface area contributed by atoms with Crippen molar-refractivity contribution >= 4 is 6.29 Å². The van der Waals surface area contributed by atoms with Crippen molar-refractivity contribution in [1.29, 1.82) is 0 Å². The number of ether oxygens (including phenoxy) is 1. The molecule has 0 unspecified atom stereocenters. The highest BCUT2D eigenvalue weighted by molar-refractivity contribution is 5.71. The Morgan fingerprint density at radius 3 is 2.85 bits per heavy atom. The molecule has 0 N–H and O–H groups in total. The van der Waals surface area contributed by atoms with E-state index in [9.17, 15) is 4.79 Å². The molecule has 1 aromatic rings. The van der Waals surface area contributed by atoms with Crippen molar-refractivity contribution in [3.63, 3.8) is 0 Å². The third kappa shape index (κ3) is 2.54. The first kappa shape index (κ1) is 9.71. The molecule has 0 aromatic carbocycles. The topological polar surface area (TPSA) is 39.2 Å². The van der Waals surface area contributed by atoms with Crippen LogP contribution in [-0.4, -0.2) is 17.9 Å². The second kappa shape index (κ2) is 4.60. The van der Waals surface area contributed by atoms with Gasteiger partial charge < -0.3 is 4.74 Å². The van der Waals surface area contributed by atoms with Gasteiger partial charge in [-0.15, -0.1) is 0 Å². The quantitative estimate of drug-likeness (QED) is 0.663. The fraction of sp³-hybridized carbons (Fsp3) is 0.400. The molecule has 70 valence electrons. The Kier molecular flexibility index (Phi) is 3.43. The van der Waals surface area contributed by atoms with Gasteiger partial charge in [-0.1, -0.05) is 6.92 Å². The van der Waals surface area contributed by atoms with Gasteiger partial charge in [0.15, 0.2) is 6.29 Å². The van der Waals surface area contributed by atoms with Gasteiger partial charge in [-0.3, -0.25) is 4.79 Å². The molecule has 1 aromatic heterocycles. The molecule has 13 heavy (non-hydrogen) atoms. The Bertz CT molecular complexity index is 297.